The van der Waals surface area contributed by atoms with Crippen LogP contribution in [0.2, 0.25) is 5.02 Å². The number of aryl methyl sites for hydroxylation is 1. The molecule has 1 aromatic carbocycles. The summed E-state index contributed by atoms with van der Waals surface area (Å²) >= 11 is 7.22. The van der Waals surface area contributed by atoms with Crippen molar-refractivity contribution >= 4 is 40.9 Å². The van der Waals surface area contributed by atoms with Gasteiger partial charge in [0.2, 0.25) is 5.91 Å². The molecular weight excluding hydrogens is 340 g/mol. The highest BCUT2D eigenvalue weighted by atomic mass is 35.5. The first-order chi connectivity index (χ1) is 11.0. The second-order valence-electron chi connectivity index (χ2n) is 5.03. The van der Waals surface area contributed by atoms with Gasteiger partial charge in [-0.1, -0.05) is 16.8 Å². The van der Waals surface area contributed by atoms with Gasteiger partial charge in [0.25, 0.3) is 0 Å². The van der Waals surface area contributed by atoms with Crippen molar-refractivity contribution in [3.05, 3.63) is 40.7 Å². The number of aromatic nitrogens is 1. The number of fused-ring (bicyclic) bond motifs is 1. The van der Waals surface area contributed by atoms with Crippen LogP contribution in [0.3, 0.4) is 0 Å². The lowest BCUT2D eigenvalue weighted by molar-refractivity contribution is -0.145. The van der Waals surface area contributed by atoms with Gasteiger partial charge in [0, 0.05) is 16.0 Å². The fourth-order valence-electron chi connectivity index (χ4n) is 2.11. The first-order valence-electron chi connectivity index (χ1n) is 6.86. The van der Waals surface area contributed by atoms with Crippen molar-refractivity contribution in [3.8, 4) is 0 Å². The van der Waals surface area contributed by atoms with Gasteiger partial charge >= 0.3 is 5.97 Å². The van der Waals surface area contributed by atoms with Crippen LogP contribution in [0.5, 0.6) is 0 Å². The molecule has 0 spiro atoms. The smallest absolute Gasteiger partial charge is 0.307 e. The number of carbonyl (C=O) groups is 2. The molecule has 1 unspecified atom stereocenters. The topological polar surface area (TPSA) is 81.4 Å². The fourth-order valence-corrected chi connectivity index (χ4v) is 3.36. The summed E-state index contributed by atoms with van der Waals surface area (Å²) in [6.07, 6.45) is -0.0185. The molecular formula is C15H13ClN2O4S. The lowest BCUT2D eigenvalue weighted by Gasteiger charge is -2.23. The molecule has 1 atom stereocenters. The number of halogens is 1. The van der Waals surface area contributed by atoms with E-state index in [1.165, 1.54) is 11.8 Å². The molecule has 3 rings (SSSR count). The van der Waals surface area contributed by atoms with Crippen molar-refractivity contribution in [2.45, 2.75) is 30.1 Å². The van der Waals surface area contributed by atoms with Crippen LogP contribution in [-0.4, -0.2) is 22.3 Å². The number of ether oxygens (including phenoxy) is 1. The number of hydrogen-bond acceptors (Lipinski definition) is 6. The van der Waals surface area contributed by atoms with Crippen LogP contribution in [0, 0.1) is 6.92 Å². The normalized spacial score (nSPS) is 16.6. The Balaban J connectivity index is 1.58. The van der Waals surface area contributed by atoms with E-state index in [9.17, 15) is 9.59 Å². The van der Waals surface area contributed by atoms with E-state index in [1.807, 2.05) is 6.07 Å². The number of nitrogens with one attached hydrogen (secondary N) is 1. The standard InChI is InChI=1S/C15H13ClN2O4S/c1-8-4-10(18-22-8)7-21-14(19)6-13-15(20)17-11-5-9(16)2-3-12(11)23-13/h2-5,13H,6-7H2,1H3,(H,17,20). The minimum Gasteiger partial charge on any atom is -0.459 e. The molecule has 120 valence electrons. The quantitative estimate of drug-likeness (QED) is 0.851. The molecule has 0 bridgehead atoms. The molecule has 2 aromatic rings. The van der Waals surface area contributed by atoms with E-state index in [0.717, 1.165) is 4.90 Å². The number of anilines is 1. The van der Waals surface area contributed by atoms with Gasteiger partial charge in [-0.2, -0.15) is 0 Å². The lowest BCUT2D eigenvalue weighted by atomic mass is 10.2. The second-order valence-corrected chi connectivity index (χ2v) is 6.71. The van der Waals surface area contributed by atoms with E-state index in [1.54, 1.807) is 25.1 Å². The maximum Gasteiger partial charge on any atom is 0.307 e. The second kappa shape index (κ2) is 6.64. The first kappa shape index (κ1) is 15.9. The lowest BCUT2D eigenvalue weighted by Crippen LogP contribution is -2.31. The highest BCUT2D eigenvalue weighted by Crippen LogP contribution is 2.38. The Morgan fingerprint density at radius 1 is 1.48 bits per heavy atom. The molecule has 2 heterocycles. The van der Waals surface area contributed by atoms with Gasteiger partial charge in [0.1, 0.15) is 18.1 Å². The summed E-state index contributed by atoms with van der Waals surface area (Å²) in [5, 5.41) is 6.51. The van der Waals surface area contributed by atoms with Crippen molar-refractivity contribution in [1.82, 2.24) is 5.16 Å². The van der Waals surface area contributed by atoms with E-state index < -0.39 is 11.2 Å². The molecule has 1 amide bonds. The molecule has 1 aliphatic rings. The van der Waals surface area contributed by atoms with Gasteiger partial charge in [-0.05, 0) is 25.1 Å². The molecule has 0 saturated carbocycles. The average Bonchev–Trinajstić information content (AvgIpc) is 2.92. The number of hydrogen-bond donors (Lipinski definition) is 1. The summed E-state index contributed by atoms with van der Waals surface area (Å²) in [6, 6.07) is 6.93. The van der Waals surface area contributed by atoms with E-state index in [2.05, 4.69) is 10.5 Å². The number of esters is 1. The number of rotatable bonds is 4. The monoisotopic (exact) mass is 352 g/mol. The van der Waals surface area contributed by atoms with Crippen molar-refractivity contribution in [3.63, 3.8) is 0 Å². The van der Waals surface area contributed by atoms with Gasteiger partial charge in [0.05, 0.1) is 17.4 Å². The molecule has 1 N–H and O–H groups in total. The predicted molar refractivity (Wildman–Crippen MR) is 85.4 cm³/mol. The predicted octanol–water partition coefficient (Wildman–Crippen LogP) is 3.18. The average molecular weight is 353 g/mol. The zero-order valence-corrected chi connectivity index (χ0v) is 13.7. The third-order valence-electron chi connectivity index (χ3n) is 3.17. The van der Waals surface area contributed by atoms with Crippen molar-refractivity contribution in [2.75, 3.05) is 5.32 Å². The molecule has 0 radical (unpaired) electrons. The number of benzene rings is 1. The highest BCUT2D eigenvalue weighted by Gasteiger charge is 2.29. The Morgan fingerprint density at radius 2 is 2.30 bits per heavy atom. The number of amides is 1. The fraction of sp³-hybridized carbons (Fsp3) is 0.267. The van der Waals surface area contributed by atoms with E-state index in [-0.39, 0.29) is 18.9 Å². The summed E-state index contributed by atoms with van der Waals surface area (Å²) in [6.45, 7) is 1.78. The molecule has 0 fully saturated rings. The summed E-state index contributed by atoms with van der Waals surface area (Å²) in [5.41, 5.74) is 1.20. The van der Waals surface area contributed by atoms with Crippen LogP contribution in [0.1, 0.15) is 17.9 Å². The largest absolute Gasteiger partial charge is 0.459 e. The summed E-state index contributed by atoms with van der Waals surface area (Å²) in [5.74, 6) is -0.0526. The molecule has 1 aromatic heterocycles. The Morgan fingerprint density at radius 3 is 3.04 bits per heavy atom. The summed E-state index contributed by atoms with van der Waals surface area (Å²) in [7, 11) is 0. The van der Waals surface area contributed by atoms with E-state index in [4.69, 9.17) is 20.9 Å². The third kappa shape index (κ3) is 3.86. The van der Waals surface area contributed by atoms with Crippen LogP contribution in [-0.2, 0) is 20.9 Å². The SMILES string of the molecule is Cc1cc(COC(=O)CC2Sc3ccc(Cl)cc3NC2=O)no1. The van der Waals surface area contributed by atoms with Gasteiger partial charge in [-0.3, -0.25) is 9.59 Å². The van der Waals surface area contributed by atoms with Crippen LogP contribution < -0.4 is 5.32 Å². The van der Waals surface area contributed by atoms with Crippen LogP contribution in [0.4, 0.5) is 5.69 Å². The third-order valence-corrected chi connectivity index (χ3v) is 4.68. The number of nitrogens with zero attached hydrogens (tertiary/aromatic N) is 1. The maximum atomic E-state index is 12.1. The van der Waals surface area contributed by atoms with Crippen LogP contribution in [0.15, 0.2) is 33.7 Å². The van der Waals surface area contributed by atoms with E-state index >= 15 is 0 Å². The van der Waals surface area contributed by atoms with Gasteiger partial charge in [-0.15, -0.1) is 11.8 Å². The number of carbonyl (C=O) groups excluding carboxylic acids is 2. The summed E-state index contributed by atoms with van der Waals surface area (Å²) in [4.78, 5) is 24.9. The van der Waals surface area contributed by atoms with Crippen molar-refractivity contribution in [1.29, 1.82) is 0 Å². The zero-order valence-electron chi connectivity index (χ0n) is 12.2. The molecule has 8 heteroatoms. The Bertz CT molecular complexity index is 762. The minimum absolute atomic E-state index is 0.0185. The Kier molecular flexibility index (Phi) is 4.58. The molecule has 1 aliphatic heterocycles. The Hall–Kier alpha value is -1.99. The molecule has 6 nitrogen and oxygen atoms in total. The number of thioether (sulfide) groups is 1. The Labute approximate surface area is 141 Å². The van der Waals surface area contributed by atoms with Crippen molar-refractivity contribution in [2.24, 2.45) is 0 Å². The van der Waals surface area contributed by atoms with Gasteiger partial charge in [0.15, 0.2) is 0 Å². The van der Waals surface area contributed by atoms with Crippen LogP contribution in [0.25, 0.3) is 0 Å². The zero-order chi connectivity index (χ0) is 16.4. The van der Waals surface area contributed by atoms with Crippen LogP contribution >= 0.6 is 23.4 Å². The molecule has 0 aliphatic carbocycles. The maximum absolute atomic E-state index is 12.1. The summed E-state index contributed by atoms with van der Waals surface area (Å²) < 4.78 is 10.0. The highest BCUT2D eigenvalue weighted by molar-refractivity contribution is 8.01. The minimum atomic E-state index is -0.532. The first-order valence-corrected chi connectivity index (χ1v) is 8.12. The van der Waals surface area contributed by atoms with Gasteiger partial charge < -0.3 is 14.6 Å². The molecule has 23 heavy (non-hydrogen) atoms. The van der Waals surface area contributed by atoms with E-state index in [0.29, 0.717) is 22.2 Å². The van der Waals surface area contributed by atoms with Gasteiger partial charge in [-0.25, -0.2) is 0 Å². The van der Waals surface area contributed by atoms with Crippen molar-refractivity contribution < 1.29 is 18.8 Å². The molecule has 0 saturated heterocycles.